The molecule has 3 aromatic rings. The minimum Gasteiger partial charge on any atom is -0.364 e. The maximum atomic E-state index is 11.8. The molecule has 0 bridgehead atoms. The lowest BCUT2D eigenvalue weighted by Gasteiger charge is -2.22. The van der Waals surface area contributed by atoms with Gasteiger partial charge in [0.25, 0.3) is 0 Å². The van der Waals surface area contributed by atoms with E-state index in [0.29, 0.717) is 0 Å². The molecule has 0 aliphatic rings. The van der Waals surface area contributed by atoms with Crippen LogP contribution >= 0.6 is 0 Å². The van der Waals surface area contributed by atoms with E-state index in [2.05, 4.69) is 59.5 Å². The van der Waals surface area contributed by atoms with Crippen LogP contribution in [0.3, 0.4) is 0 Å². The standard InChI is InChI=1S/C26H25NO/c1-22(28)25-17-8-18-26(21-25)27(19-9-15-23-11-4-2-5-12-23)20-10-16-24-13-6-3-7-14-24/h2-18,21H,19-20H2,1H3/b15-9+,16-10+. The Morgan fingerprint density at radius 1 is 0.750 bits per heavy atom. The van der Waals surface area contributed by atoms with E-state index in [1.807, 2.05) is 54.6 Å². The van der Waals surface area contributed by atoms with Crippen molar-refractivity contribution in [1.29, 1.82) is 0 Å². The molecule has 0 atom stereocenters. The molecule has 28 heavy (non-hydrogen) atoms. The summed E-state index contributed by atoms with van der Waals surface area (Å²) in [6.45, 7) is 3.12. The number of nitrogens with zero attached hydrogens (tertiary/aromatic N) is 1. The molecular weight excluding hydrogens is 342 g/mol. The van der Waals surface area contributed by atoms with Crippen LogP contribution in [0.2, 0.25) is 0 Å². The molecule has 2 heteroatoms. The monoisotopic (exact) mass is 367 g/mol. The number of Topliss-reactive ketones (excluding diaryl/α,β-unsaturated/α-hetero) is 1. The average molecular weight is 367 g/mol. The summed E-state index contributed by atoms with van der Waals surface area (Å²) in [5.41, 5.74) is 4.14. The van der Waals surface area contributed by atoms with Crippen molar-refractivity contribution < 1.29 is 4.79 Å². The maximum Gasteiger partial charge on any atom is 0.159 e. The van der Waals surface area contributed by atoms with Crippen molar-refractivity contribution in [1.82, 2.24) is 0 Å². The lowest BCUT2D eigenvalue weighted by Crippen LogP contribution is -2.23. The van der Waals surface area contributed by atoms with Crippen LogP contribution in [0.15, 0.2) is 97.1 Å². The zero-order valence-electron chi connectivity index (χ0n) is 16.2. The summed E-state index contributed by atoms with van der Waals surface area (Å²) in [6.07, 6.45) is 8.57. The van der Waals surface area contributed by atoms with Crippen molar-refractivity contribution in [3.05, 3.63) is 114 Å². The molecule has 0 saturated heterocycles. The van der Waals surface area contributed by atoms with Crippen molar-refractivity contribution in [2.45, 2.75) is 6.92 Å². The molecule has 0 radical (unpaired) electrons. The highest BCUT2D eigenvalue weighted by molar-refractivity contribution is 5.95. The van der Waals surface area contributed by atoms with E-state index in [1.165, 1.54) is 11.1 Å². The Kier molecular flexibility index (Phi) is 6.97. The van der Waals surface area contributed by atoms with Crippen molar-refractivity contribution in [3.63, 3.8) is 0 Å². The van der Waals surface area contributed by atoms with Gasteiger partial charge < -0.3 is 4.90 Å². The minimum atomic E-state index is 0.0847. The highest BCUT2D eigenvalue weighted by Gasteiger charge is 2.06. The van der Waals surface area contributed by atoms with Gasteiger partial charge in [0.1, 0.15) is 0 Å². The summed E-state index contributed by atoms with van der Waals surface area (Å²) in [5.74, 6) is 0.0847. The van der Waals surface area contributed by atoms with Crippen molar-refractivity contribution in [3.8, 4) is 0 Å². The van der Waals surface area contributed by atoms with Gasteiger partial charge in [0.15, 0.2) is 5.78 Å². The van der Waals surface area contributed by atoms with Gasteiger partial charge in [-0.25, -0.2) is 0 Å². The molecule has 0 aromatic heterocycles. The van der Waals surface area contributed by atoms with Crippen molar-refractivity contribution in [2.24, 2.45) is 0 Å². The van der Waals surface area contributed by atoms with Gasteiger partial charge in [-0.2, -0.15) is 0 Å². The van der Waals surface area contributed by atoms with Gasteiger partial charge in [0.05, 0.1) is 0 Å². The predicted octanol–water partition coefficient (Wildman–Crippen LogP) is 6.12. The second-order valence-corrected chi connectivity index (χ2v) is 6.64. The van der Waals surface area contributed by atoms with Gasteiger partial charge in [0.2, 0.25) is 0 Å². The van der Waals surface area contributed by atoms with Crippen LogP contribution in [-0.2, 0) is 0 Å². The molecule has 0 N–H and O–H groups in total. The molecule has 0 amide bonds. The number of carbonyl (C=O) groups excluding carboxylic acids is 1. The molecule has 0 aliphatic carbocycles. The first-order chi connectivity index (χ1) is 13.7. The molecule has 0 saturated carbocycles. The molecule has 0 heterocycles. The van der Waals surface area contributed by atoms with Crippen molar-refractivity contribution in [2.75, 3.05) is 18.0 Å². The molecule has 0 aliphatic heterocycles. The Morgan fingerprint density at radius 3 is 1.79 bits per heavy atom. The molecule has 0 fully saturated rings. The number of ketones is 1. The zero-order chi connectivity index (χ0) is 19.6. The average Bonchev–Trinajstić information content (AvgIpc) is 2.74. The summed E-state index contributed by atoms with van der Waals surface area (Å²) in [4.78, 5) is 14.0. The smallest absolute Gasteiger partial charge is 0.159 e. The Bertz CT molecular complexity index is 891. The Balaban J connectivity index is 1.77. The fourth-order valence-electron chi connectivity index (χ4n) is 2.97. The Labute approximate surface area is 167 Å². The topological polar surface area (TPSA) is 20.3 Å². The fourth-order valence-corrected chi connectivity index (χ4v) is 2.97. The van der Waals surface area contributed by atoms with Crippen molar-refractivity contribution >= 4 is 23.6 Å². The molecule has 0 spiro atoms. The van der Waals surface area contributed by atoms with E-state index < -0.39 is 0 Å². The third-order valence-corrected chi connectivity index (χ3v) is 4.49. The molecule has 0 unspecified atom stereocenters. The minimum absolute atomic E-state index is 0.0847. The number of anilines is 1. The third-order valence-electron chi connectivity index (χ3n) is 4.49. The second kappa shape index (κ2) is 10.1. The van der Waals surface area contributed by atoms with Gasteiger partial charge in [-0.05, 0) is 30.2 Å². The SMILES string of the molecule is CC(=O)c1cccc(N(C/C=C/c2ccccc2)C/C=C/c2ccccc2)c1. The van der Waals surface area contributed by atoms with E-state index >= 15 is 0 Å². The van der Waals surface area contributed by atoms with E-state index in [1.54, 1.807) is 6.92 Å². The molecule has 140 valence electrons. The van der Waals surface area contributed by atoms with Crippen LogP contribution < -0.4 is 4.90 Å². The van der Waals surface area contributed by atoms with Gasteiger partial charge in [-0.1, -0.05) is 97.1 Å². The number of carbonyl (C=O) groups is 1. The first-order valence-electron chi connectivity index (χ1n) is 9.51. The second-order valence-electron chi connectivity index (χ2n) is 6.64. The number of benzene rings is 3. The molecule has 3 rings (SSSR count). The first-order valence-corrected chi connectivity index (χ1v) is 9.51. The van der Waals surface area contributed by atoms with Crippen LogP contribution in [0.5, 0.6) is 0 Å². The Morgan fingerprint density at radius 2 is 1.29 bits per heavy atom. The molecular formula is C26H25NO. The normalized spacial score (nSPS) is 11.2. The summed E-state index contributed by atoms with van der Waals surface area (Å²) < 4.78 is 0. The summed E-state index contributed by atoms with van der Waals surface area (Å²) in [5, 5.41) is 0. The molecule has 3 aromatic carbocycles. The summed E-state index contributed by atoms with van der Waals surface area (Å²) >= 11 is 0. The van der Waals surface area contributed by atoms with Crippen LogP contribution in [0.25, 0.3) is 12.2 Å². The van der Waals surface area contributed by atoms with Crippen LogP contribution in [-0.4, -0.2) is 18.9 Å². The van der Waals surface area contributed by atoms with Gasteiger partial charge in [-0.15, -0.1) is 0 Å². The third kappa shape index (κ3) is 5.82. The van der Waals surface area contributed by atoms with E-state index in [4.69, 9.17) is 0 Å². The number of hydrogen-bond donors (Lipinski definition) is 0. The van der Waals surface area contributed by atoms with Crippen LogP contribution in [0, 0.1) is 0 Å². The van der Waals surface area contributed by atoms with E-state index in [9.17, 15) is 4.79 Å². The van der Waals surface area contributed by atoms with Gasteiger partial charge in [0, 0.05) is 24.3 Å². The summed E-state index contributed by atoms with van der Waals surface area (Å²) in [7, 11) is 0. The zero-order valence-corrected chi connectivity index (χ0v) is 16.2. The van der Waals surface area contributed by atoms with Crippen LogP contribution in [0.1, 0.15) is 28.4 Å². The number of rotatable bonds is 8. The van der Waals surface area contributed by atoms with Gasteiger partial charge in [-0.3, -0.25) is 4.79 Å². The maximum absolute atomic E-state index is 11.8. The van der Waals surface area contributed by atoms with Gasteiger partial charge >= 0.3 is 0 Å². The highest BCUT2D eigenvalue weighted by Crippen LogP contribution is 2.17. The van der Waals surface area contributed by atoms with E-state index in [0.717, 1.165) is 24.3 Å². The largest absolute Gasteiger partial charge is 0.364 e. The molecule has 2 nitrogen and oxygen atoms in total. The lowest BCUT2D eigenvalue weighted by atomic mass is 10.1. The van der Waals surface area contributed by atoms with E-state index in [-0.39, 0.29) is 5.78 Å². The quantitative estimate of drug-likeness (QED) is 0.447. The first kappa shape index (κ1) is 19.4. The number of hydrogen-bond acceptors (Lipinski definition) is 2. The lowest BCUT2D eigenvalue weighted by molar-refractivity contribution is 0.101. The Hall–Kier alpha value is -3.39. The summed E-state index contributed by atoms with van der Waals surface area (Å²) in [6, 6.07) is 28.4. The predicted molar refractivity (Wildman–Crippen MR) is 120 cm³/mol. The van der Waals surface area contributed by atoms with Crippen LogP contribution in [0.4, 0.5) is 5.69 Å². The highest BCUT2D eigenvalue weighted by atomic mass is 16.1. The fraction of sp³-hybridized carbons (Fsp3) is 0.115.